The summed E-state index contributed by atoms with van der Waals surface area (Å²) in [5.74, 6) is 0.268. The molecular weight excluding hydrogens is 340 g/mol. The summed E-state index contributed by atoms with van der Waals surface area (Å²) in [6.45, 7) is 0.809. The number of rotatable bonds is 5. The summed E-state index contributed by atoms with van der Waals surface area (Å²) in [4.78, 5) is 26.2. The molecule has 2 amide bonds. The van der Waals surface area contributed by atoms with Crippen LogP contribution in [0.2, 0.25) is 5.02 Å². The maximum Gasteiger partial charge on any atom is 0.227 e. The van der Waals surface area contributed by atoms with Crippen LogP contribution in [0.5, 0.6) is 5.75 Å². The van der Waals surface area contributed by atoms with Gasteiger partial charge in [0.25, 0.3) is 0 Å². The Morgan fingerprint density at radius 1 is 1.20 bits per heavy atom. The van der Waals surface area contributed by atoms with Gasteiger partial charge < -0.3 is 15.0 Å². The molecule has 0 aliphatic carbocycles. The van der Waals surface area contributed by atoms with Crippen molar-refractivity contribution in [3.63, 3.8) is 0 Å². The standard InChI is InChI=1S/C19H19ClN2O3/c1-25-17-8-2-13(3-9-17)11-21-19(24)14-10-18(23)22(12-14)16-6-4-15(20)5-7-16/h2-9,14H,10-12H2,1H3,(H,21,24)/t14-/m0/s1. The average molecular weight is 359 g/mol. The predicted molar refractivity (Wildman–Crippen MR) is 96.8 cm³/mol. The van der Waals surface area contributed by atoms with Gasteiger partial charge in [0.2, 0.25) is 11.8 Å². The molecule has 130 valence electrons. The highest BCUT2D eigenvalue weighted by molar-refractivity contribution is 6.30. The maximum absolute atomic E-state index is 12.4. The van der Waals surface area contributed by atoms with Crippen molar-refractivity contribution in [1.29, 1.82) is 0 Å². The van der Waals surface area contributed by atoms with Gasteiger partial charge >= 0.3 is 0 Å². The van der Waals surface area contributed by atoms with Gasteiger partial charge in [-0.2, -0.15) is 0 Å². The SMILES string of the molecule is COc1ccc(CNC(=O)[C@H]2CC(=O)N(c3ccc(Cl)cc3)C2)cc1. The molecule has 1 heterocycles. The number of benzene rings is 2. The van der Waals surface area contributed by atoms with Crippen molar-refractivity contribution in [2.24, 2.45) is 5.92 Å². The third-order valence-corrected chi connectivity index (χ3v) is 4.51. The van der Waals surface area contributed by atoms with E-state index in [9.17, 15) is 9.59 Å². The number of hydrogen-bond donors (Lipinski definition) is 1. The van der Waals surface area contributed by atoms with Crippen molar-refractivity contribution in [2.75, 3.05) is 18.6 Å². The van der Waals surface area contributed by atoms with Crippen LogP contribution in [0.3, 0.4) is 0 Å². The van der Waals surface area contributed by atoms with Crippen LogP contribution in [0.15, 0.2) is 48.5 Å². The molecule has 25 heavy (non-hydrogen) atoms. The van der Waals surface area contributed by atoms with E-state index >= 15 is 0 Å². The minimum Gasteiger partial charge on any atom is -0.497 e. The Bertz CT molecular complexity index is 759. The summed E-state index contributed by atoms with van der Waals surface area (Å²) in [5.41, 5.74) is 1.74. The van der Waals surface area contributed by atoms with Crippen LogP contribution >= 0.6 is 11.6 Å². The second-order valence-electron chi connectivity index (χ2n) is 5.95. The first-order valence-electron chi connectivity index (χ1n) is 8.03. The zero-order chi connectivity index (χ0) is 17.8. The van der Waals surface area contributed by atoms with Crippen LogP contribution in [0.4, 0.5) is 5.69 Å². The molecule has 1 atom stereocenters. The van der Waals surface area contributed by atoms with E-state index in [-0.39, 0.29) is 24.2 Å². The minimum absolute atomic E-state index is 0.0491. The number of carbonyl (C=O) groups excluding carboxylic acids is 2. The number of anilines is 1. The molecular formula is C19H19ClN2O3. The Kier molecular flexibility index (Phi) is 5.24. The highest BCUT2D eigenvalue weighted by Crippen LogP contribution is 2.26. The minimum atomic E-state index is -0.346. The van der Waals surface area contributed by atoms with Crippen LogP contribution in [-0.4, -0.2) is 25.5 Å². The average Bonchev–Trinajstić information content (AvgIpc) is 3.02. The number of amides is 2. The molecule has 1 fully saturated rings. The van der Waals surface area contributed by atoms with Gasteiger partial charge in [0.1, 0.15) is 5.75 Å². The second-order valence-corrected chi connectivity index (χ2v) is 6.38. The Hall–Kier alpha value is -2.53. The molecule has 6 heteroatoms. The number of nitrogens with one attached hydrogen (secondary N) is 1. The van der Waals surface area contributed by atoms with E-state index in [0.29, 0.717) is 18.1 Å². The van der Waals surface area contributed by atoms with Gasteiger partial charge in [0, 0.05) is 30.2 Å². The predicted octanol–water partition coefficient (Wildman–Crippen LogP) is 3.02. The molecule has 1 aliphatic heterocycles. The zero-order valence-electron chi connectivity index (χ0n) is 13.9. The molecule has 5 nitrogen and oxygen atoms in total. The van der Waals surface area contributed by atoms with Gasteiger partial charge in [-0.05, 0) is 42.0 Å². The third-order valence-electron chi connectivity index (χ3n) is 4.26. The van der Waals surface area contributed by atoms with E-state index in [0.717, 1.165) is 17.0 Å². The number of hydrogen-bond acceptors (Lipinski definition) is 3. The quantitative estimate of drug-likeness (QED) is 0.893. The molecule has 2 aromatic carbocycles. The number of halogens is 1. The van der Waals surface area contributed by atoms with Gasteiger partial charge in [0.15, 0.2) is 0 Å². The van der Waals surface area contributed by atoms with Gasteiger partial charge in [-0.25, -0.2) is 0 Å². The summed E-state index contributed by atoms with van der Waals surface area (Å²) in [6.07, 6.45) is 0.219. The fourth-order valence-corrected chi connectivity index (χ4v) is 2.96. The second kappa shape index (κ2) is 7.57. The molecule has 0 bridgehead atoms. The normalized spacial score (nSPS) is 16.8. The van der Waals surface area contributed by atoms with Gasteiger partial charge in [-0.3, -0.25) is 9.59 Å². The van der Waals surface area contributed by atoms with E-state index in [4.69, 9.17) is 16.3 Å². The maximum atomic E-state index is 12.4. The fourth-order valence-electron chi connectivity index (χ4n) is 2.83. The molecule has 0 aromatic heterocycles. The van der Waals surface area contributed by atoms with Crippen molar-refractivity contribution in [3.8, 4) is 5.75 Å². The fraction of sp³-hybridized carbons (Fsp3) is 0.263. The first kappa shape index (κ1) is 17.3. The van der Waals surface area contributed by atoms with Crippen molar-refractivity contribution >= 4 is 29.1 Å². The lowest BCUT2D eigenvalue weighted by Gasteiger charge is -2.16. The Morgan fingerprint density at radius 2 is 1.88 bits per heavy atom. The largest absolute Gasteiger partial charge is 0.497 e. The van der Waals surface area contributed by atoms with Gasteiger partial charge in [-0.15, -0.1) is 0 Å². The van der Waals surface area contributed by atoms with Gasteiger partial charge in [-0.1, -0.05) is 23.7 Å². The van der Waals surface area contributed by atoms with Gasteiger partial charge in [0.05, 0.1) is 13.0 Å². The summed E-state index contributed by atoms with van der Waals surface area (Å²) in [6, 6.07) is 14.6. The molecule has 0 radical (unpaired) electrons. The Morgan fingerprint density at radius 3 is 2.52 bits per heavy atom. The first-order chi connectivity index (χ1) is 12.1. The summed E-state index contributed by atoms with van der Waals surface area (Å²) in [7, 11) is 1.61. The monoisotopic (exact) mass is 358 g/mol. The van der Waals surface area contributed by atoms with Crippen LogP contribution in [-0.2, 0) is 16.1 Å². The van der Waals surface area contributed by atoms with Crippen LogP contribution in [0.25, 0.3) is 0 Å². The summed E-state index contributed by atoms with van der Waals surface area (Å²) >= 11 is 5.88. The highest BCUT2D eigenvalue weighted by Gasteiger charge is 2.34. The lowest BCUT2D eigenvalue weighted by Crippen LogP contribution is -2.32. The Balaban J connectivity index is 1.57. The first-order valence-corrected chi connectivity index (χ1v) is 8.41. The summed E-state index contributed by atoms with van der Waals surface area (Å²) in [5, 5.41) is 3.52. The highest BCUT2D eigenvalue weighted by atomic mass is 35.5. The van der Waals surface area contributed by atoms with Crippen molar-refractivity contribution in [1.82, 2.24) is 5.32 Å². The zero-order valence-corrected chi connectivity index (χ0v) is 14.6. The van der Waals surface area contributed by atoms with Crippen molar-refractivity contribution < 1.29 is 14.3 Å². The number of ether oxygens (including phenoxy) is 1. The lowest BCUT2D eigenvalue weighted by atomic mass is 10.1. The van der Waals surface area contributed by atoms with Crippen LogP contribution in [0, 0.1) is 5.92 Å². The number of nitrogens with zero attached hydrogens (tertiary/aromatic N) is 1. The number of methoxy groups -OCH3 is 1. The molecule has 3 rings (SSSR count). The van der Waals surface area contributed by atoms with E-state index in [2.05, 4.69) is 5.32 Å². The molecule has 0 spiro atoms. The molecule has 2 aromatic rings. The molecule has 1 aliphatic rings. The van der Waals surface area contributed by atoms with E-state index in [1.165, 1.54) is 0 Å². The van der Waals surface area contributed by atoms with E-state index in [1.807, 2.05) is 24.3 Å². The van der Waals surface area contributed by atoms with E-state index in [1.54, 1.807) is 36.3 Å². The third kappa shape index (κ3) is 4.12. The molecule has 0 saturated carbocycles. The van der Waals surface area contributed by atoms with Crippen molar-refractivity contribution in [3.05, 3.63) is 59.1 Å². The topological polar surface area (TPSA) is 58.6 Å². The molecule has 1 saturated heterocycles. The molecule has 1 N–H and O–H groups in total. The van der Waals surface area contributed by atoms with E-state index < -0.39 is 0 Å². The Labute approximate surface area is 151 Å². The lowest BCUT2D eigenvalue weighted by molar-refractivity contribution is -0.126. The molecule has 0 unspecified atom stereocenters. The summed E-state index contributed by atoms with van der Waals surface area (Å²) < 4.78 is 5.11. The van der Waals surface area contributed by atoms with Crippen molar-refractivity contribution in [2.45, 2.75) is 13.0 Å². The smallest absolute Gasteiger partial charge is 0.227 e. The van der Waals surface area contributed by atoms with Crippen LogP contribution < -0.4 is 15.0 Å². The number of carbonyl (C=O) groups is 2. The van der Waals surface area contributed by atoms with Crippen LogP contribution in [0.1, 0.15) is 12.0 Å².